The number of halogens is 1. The van der Waals surface area contributed by atoms with Gasteiger partial charge in [0, 0.05) is 22.8 Å². The minimum Gasteiger partial charge on any atom is -0.309 e. The lowest BCUT2D eigenvalue weighted by atomic mass is 10.1. The molecule has 0 fully saturated rings. The van der Waals surface area contributed by atoms with Crippen molar-refractivity contribution in [3.8, 4) is 0 Å². The van der Waals surface area contributed by atoms with Crippen LogP contribution in [0, 0.1) is 0 Å². The molecule has 0 saturated heterocycles. The normalized spacial score (nSPS) is 10.8. The Morgan fingerprint density at radius 1 is 1.31 bits per heavy atom. The van der Waals surface area contributed by atoms with Gasteiger partial charge in [-0.1, -0.05) is 12.1 Å². The van der Waals surface area contributed by atoms with Crippen molar-refractivity contribution in [3.05, 3.63) is 29.8 Å². The van der Waals surface area contributed by atoms with Crippen molar-refractivity contribution >= 4 is 29.1 Å². The predicted molar refractivity (Wildman–Crippen MR) is 70.8 cm³/mol. The highest BCUT2D eigenvalue weighted by atomic mass is 35.5. The number of nitrogens with zero attached hydrogens (tertiary/aromatic N) is 1. The lowest BCUT2D eigenvalue weighted by molar-refractivity contribution is 0.102. The molecular weight excluding hydrogens is 242 g/mol. The second-order valence-electron chi connectivity index (χ2n) is 3.73. The van der Waals surface area contributed by atoms with E-state index in [2.05, 4.69) is 19.0 Å². The summed E-state index contributed by atoms with van der Waals surface area (Å²) < 4.78 is 0. The van der Waals surface area contributed by atoms with Crippen molar-refractivity contribution in [3.63, 3.8) is 0 Å². The third-order valence-corrected chi connectivity index (χ3v) is 3.34. The van der Waals surface area contributed by atoms with E-state index in [0.717, 1.165) is 12.3 Å². The Hall–Kier alpha value is -0.510. The van der Waals surface area contributed by atoms with E-state index < -0.39 is 0 Å². The van der Waals surface area contributed by atoms with E-state index in [-0.39, 0.29) is 11.7 Å². The Kier molecular flexibility index (Phi) is 5.88. The minimum absolute atomic E-state index is 0.0218. The molecule has 1 aromatic carbocycles. The standard InChI is InChI=1S/C12H16ClNOS/c1-14(2)7-8-16-11-5-3-10(4-6-11)12(15)9-13/h3-6H,7-9H2,1-2H3. The quantitative estimate of drug-likeness (QED) is 0.444. The van der Waals surface area contributed by atoms with E-state index in [1.807, 2.05) is 24.3 Å². The molecule has 1 aromatic rings. The Morgan fingerprint density at radius 3 is 2.44 bits per heavy atom. The predicted octanol–water partition coefficient (Wildman–Crippen LogP) is 2.76. The molecule has 0 spiro atoms. The summed E-state index contributed by atoms with van der Waals surface area (Å²) in [5, 5.41) is 0. The molecule has 0 unspecified atom stereocenters. The maximum atomic E-state index is 11.3. The van der Waals surface area contributed by atoms with Gasteiger partial charge < -0.3 is 4.90 Å². The molecule has 4 heteroatoms. The fourth-order valence-electron chi connectivity index (χ4n) is 1.16. The van der Waals surface area contributed by atoms with Gasteiger partial charge in [-0.2, -0.15) is 0 Å². The molecule has 0 saturated carbocycles. The Morgan fingerprint density at radius 2 is 1.94 bits per heavy atom. The van der Waals surface area contributed by atoms with Crippen LogP contribution in [-0.2, 0) is 0 Å². The Balaban J connectivity index is 2.48. The van der Waals surface area contributed by atoms with Crippen LogP contribution in [0.15, 0.2) is 29.2 Å². The Labute approximate surface area is 106 Å². The van der Waals surface area contributed by atoms with Crippen molar-refractivity contribution in [2.45, 2.75) is 4.90 Å². The number of alkyl halides is 1. The average molecular weight is 258 g/mol. The fourth-order valence-corrected chi connectivity index (χ4v) is 2.34. The molecule has 2 nitrogen and oxygen atoms in total. The number of hydrogen-bond acceptors (Lipinski definition) is 3. The van der Waals surface area contributed by atoms with Crippen LogP contribution in [0.2, 0.25) is 0 Å². The summed E-state index contributed by atoms with van der Waals surface area (Å²) in [6, 6.07) is 7.62. The molecule has 0 bridgehead atoms. The van der Waals surface area contributed by atoms with Crippen LogP contribution < -0.4 is 0 Å². The maximum Gasteiger partial charge on any atom is 0.177 e. The second-order valence-corrected chi connectivity index (χ2v) is 5.17. The molecule has 0 aliphatic rings. The highest BCUT2D eigenvalue weighted by molar-refractivity contribution is 7.99. The van der Waals surface area contributed by atoms with Gasteiger partial charge >= 0.3 is 0 Å². The molecule has 0 aliphatic carbocycles. The van der Waals surface area contributed by atoms with Crippen LogP contribution in [0.25, 0.3) is 0 Å². The molecule has 0 aliphatic heterocycles. The van der Waals surface area contributed by atoms with E-state index in [1.165, 1.54) is 4.90 Å². The molecule has 1 rings (SSSR count). The number of carbonyl (C=O) groups excluding carboxylic acids is 1. The smallest absolute Gasteiger partial charge is 0.177 e. The molecule has 0 N–H and O–H groups in total. The average Bonchev–Trinajstić information content (AvgIpc) is 2.28. The summed E-state index contributed by atoms with van der Waals surface area (Å²) in [5.41, 5.74) is 0.687. The number of carbonyl (C=O) groups is 1. The van der Waals surface area contributed by atoms with Crippen molar-refractivity contribution in [1.82, 2.24) is 4.90 Å². The fraction of sp³-hybridized carbons (Fsp3) is 0.417. The van der Waals surface area contributed by atoms with Gasteiger partial charge in [0.2, 0.25) is 0 Å². The second kappa shape index (κ2) is 6.94. The lowest BCUT2D eigenvalue weighted by Gasteiger charge is -2.08. The van der Waals surface area contributed by atoms with E-state index >= 15 is 0 Å². The van der Waals surface area contributed by atoms with Gasteiger partial charge in [-0.05, 0) is 26.2 Å². The summed E-state index contributed by atoms with van der Waals surface area (Å²) in [7, 11) is 4.12. The third kappa shape index (κ3) is 4.56. The third-order valence-electron chi connectivity index (χ3n) is 2.10. The first-order valence-corrected chi connectivity index (χ1v) is 6.62. The molecule has 0 radical (unpaired) electrons. The number of Topliss-reactive ketones (excluding diaryl/α,β-unsaturated/α-hetero) is 1. The zero-order valence-corrected chi connectivity index (χ0v) is 11.1. The van der Waals surface area contributed by atoms with Crippen LogP contribution in [0.5, 0.6) is 0 Å². The van der Waals surface area contributed by atoms with E-state index in [1.54, 1.807) is 11.8 Å². The first-order valence-electron chi connectivity index (χ1n) is 5.10. The van der Waals surface area contributed by atoms with Crippen LogP contribution in [0.1, 0.15) is 10.4 Å². The monoisotopic (exact) mass is 257 g/mol. The zero-order valence-electron chi connectivity index (χ0n) is 9.57. The molecule has 0 aromatic heterocycles. The van der Waals surface area contributed by atoms with Gasteiger partial charge in [0.15, 0.2) is 5.78 Å². The zero-order chi connectivity index (χ0) is 12.0. The summed E-state index contributed by atoms with van der Waals surface area (Å²) >= 11 is 7.28. The minimum atomic E-state index is -0.0218. The van der Waals surface area contributed by atoms with Crippen LogP contribution in [0.4, 0.5) is 0 Å². The van der Waals surface area contributed by atoms with Crippen molar-refractivity contribution in [1.29, 1.82) is 0 Å². The molecule has 0 atom stereocenters. The summed E-state index contributed by atoms with van der Waals surface area (Å²) in [6.45, 7) is 1.05. The highest BCUT2D eigenvalue weighted by Crippen LogP contribution is 2.18. The van der Waals surface area contributed by atoms with Gasteiger partial charge in [-0.25, -0.2) is 0 Å². The Bertz CT molecular complexity index is 337. The van der Waals surface area contributed by atoms with Crippen molar-refractivity contribution in [2.24, 2.45) is 0 Å². The first kappa shape index (κ1) is 13.6. The SMILES string of the molecule is CN(C)CCSc1ccc(C(=O)CCl)cc1. The lowest BCUT2D eigenvalue weighted by Crippen LogP contribution is -2.14. The highest BCUT2D eigenvalue weighted by Gasteiger charge is 2.03. The number of rotatable bonds is 6. The summed E-state index contributed by atoms with van der Waals surface area (Å²) in [4.78, 5) is 14.6. The van der Waals surface area contributed by atoms with Gasteiger partial charge in [0.1, 0.15) is 0 Å². The molecule has 0 heterocycles. The van der Waals surface area contributed by atoms with Crippen LogP contribution in [0.3, 0.4) is 0 Å². The first-order chi connectivity index (χ1) is 7.63. The topological polar surface area (TPSA) is 20.3 Å². The number of thioether (sulfide) groups is 1. The van der Waals surface area contributed by atoms with Crippen LogP contribution in [-0.4, -0.2) is 43.0 Å². The van der Waals surface area contributed by atoms with E-state index in [0.29, 0.717) is 5.56 Å². The summed E-state index contributed by atoms with van der Waals surface area (Å²) in [6.07, 6.45) is 0. The van der Waals surface area contributed by atoms with Gasteiger partial charge in [-0.15, -0.1) is 23.4 Å². The van der Waals surface area contributed by atoms with E-state index in [4.69, 9.17) is 11.6 Å². The number of hydrogen-bond donors (Lipinski definition) is 0. The van der Waals surface area contributed by atoms with E-state index in [9.17, 15) is 4.79 Å². The van der Waals surface area contributed by atoms with Crippen LogP contribution >= 0.6 is 23.4 Å². The molecular formula is C12H16ClNOS. The molecule has 88 valence electrons. The number of ketones is 1. The maximum absolute atomic E-state index is 11.3. The van der Waals surface area contributed by atoms with Gasteiger partial charge in [0.25, 0.3) is 0 Å². The van der Waals surface area contributed by atoms with Crippen molar-refractivity contribution < 1.29 is 4.79 Å². The summed E-state index contributed by atoms with van der Waals surface area (Å²) in [5.74, 6) is 1.08. The van der Waals surface area contributed by atoms with Gasteiger partial charge in [0.05, 0.1) is 5.88 Å². The molecule has 16 heavy (non-hydrogen) atoms. The van der Waals surface area contributed by atoms with Crippen molar-refractivity contribution in [2.75, 3.05) is 32.3 Å². The number of benzene rings is 1. The largest absolute Gasteiger partial charge is 0.309 e. The molecule has 0 amide bonds. The van der Waals surface area contributed by atoms with Gasteiger partial charge in [-0.3, -0.25) is 4.79 Å².